The van der Waals surface area contributed by atoms with E-state index in [1.807, 2.05) is 5.32 Å². The molecule has 6 nitrogen and oxygen atoms in total. The largest absolute Gasteiger partial charge is 0.465 e. The van der Waals surface area contributed by atoms with Crippen LogP contribution in [0.3, 0.4) is 0 Å². The molecule has 184 valence electrons. The summed E-state index contributed by atoms with van der Waals surface area (Å²) in [7, 11) is 0. The summed E-state index contributed by atoms with van der Waals surface area (Å²) in [5.41, 5.74) is -3.40. The van der Waals surface area contributed by atoms with Gasteiger partial charge < -0.3 is 20.6 Å². The molecule has 1 saturated heterocycles. The van der Waals surface area contributed by atoms with Crippen LogP contribution in [-0.2, 0) is 12.4 Å². The number of hydrogen-bond donors (Lipinski definition) is 3. The van der Waals surface area contributed by atoms with Crippen molar-refractivity contribution in [3.63, 3.8) is 0 Å². The highest BCUT2D eigenvalue weighted by Crippen LogP contribution is 2.37. The molecule has 3 rings (SSSR count). The number of benzene rings is 2. The maximum Gasteiger partial charge on any atom is 0.416 e. The number of carboxylic acid groups (broad SMARTS) is 1. The lowest BCUT2D eigenvalue weighted by molar-refractivity contribution is -0.143. The van der Waals surface area contributed by atoms with E-state index in [2.05, 4.69) is 5.32 Å². The van der Waals surface area contributed by atoms with Gasteiger partial charge in [0.1, 0.15) is 5.82 Å². The predicted octanol–water partition coefficient (Wildman–Crippen LogP) is 5.52. The van der Waals surface area contributed by atoms with Crippen molar-refractivity contribution in [2.45, 2.75) is 30.7 Å². The average Bonchev–Trinajstić information content (AvgIpc) is 2.73. The fourth-order valence-corrected chi connectivity index (χ4v) is 3.71. The molecule has 1 fully saturated rings. The Hall–Kier alpha value is -3.51. The second-order valence-corrected chi connectivity index (χ2v) is 7.67. The molecule has 1 aliphatic heterocycles. The zero-order chi connectivity index (χ0) is 25.3. The Kier molecular flexibility index (Phi) is 6.94. The molecule has 2 aromatic carbocycles. The number of anilines is 1. The Morgan fingerprint density at radius 1 is 0.941 bits per heavy atom. The Bertz CT molecular complexity index is 1020. The minimum Gasteiger partial charge on any atom is -0.465 e. The topological polar surface area (TPSA) is 81.7 Å². The summed E-state index contributed by atoms with van der Waals surface area (Å²) in [5.74, 6) is -1.18. The van der Waals surface area contributed by atoms with Gasteiger partial charge in [-0.2, -0.15) is 26.3 Å². The number of alkyl halides is 6. The quantitative estimate of drug-likeness (QED) is 0.493. The van der Waals surface area contributed by atoms with Crippen molar-refractivity contribution < 1.29 is 45.4 Å². The second-order valence-electron chi connectivity index (χ2n) is 7.67. The number of piperidine rings is 1. The molecule has 0 saturated carbocycles. The van der Waals surface area contributed by atoms with Gasteiger partial charge in [0, 0.05) is 30.7 Å². The van der Waals surface area contributed by atoms with E-state index < -0.39 is 59.1 Å². The van der Waals surface area contributed by atoms with Gasteiger partial charge in [0.05, 0.1) is 11.1 Å². The van der Waals surface area contributed by atoms with E-state index in [0.29, 0.717) is 17.7 Å². The van der Waals surface area contributed by atoms with Gasteiger partial charge in [-0.1, -0.05) is 12.1 Å². The second kappa shape index (κ2) is 9.39. The van der Waals surface area contributed by atoms with Gasteiger partial charge in [-0.3, -0.25) is 0 Å². The summed E-state index contributed by atoms with van der Waals surface area (Å²) in [4.78, 5) is 24.9. The van der Waals surface area contributed by atoms with E-state index in [1.165, 1.54) is 12.1 Å². The summed E-state index contributed by atoms with van der Waals surface area (Å²) in [6, 6.07) is 3.98. The van der Waals surface area contributed by atoms with Crippen LogP contribution in [0.5, 0.6) is 0 Å². The number of carbonyl (C=O) groups excluding carboxylic acids is 1. The molecule has 0 bridgehead atoms. The normalized spacial score (nSPS) is 19.0. The van der Waals surface area contributed by atoms with Crippen LogP contribution in [0.2, 0.25) is 0 Å². The van der Waals surface area contributed by atoms with E-state index in [4.69, 9.17) is 0 Å². The fourth-order valence-electron chi connectivity index (χ4n) is 3.71. The molecule has 0 unspecified atom stereocenters. The smallest absolute Gasteiger partial charge is 0.416 e. The van der Waals surface area contributed by atoms with E-state index in [0.717, 1.165) is 17.0 Å². The van der Waals surface area contributed by atoms with Crippen LogP contribution < -0.4 is 10.6 Å². The van der Waals surface area contributed by atoms with Crippen molar-refractivity contribution in [3.8, 4) is 0 Å². The van der Waals surface area contributed by atoms with Crippen LogP contribution in [0.1, 0.15) is 29.0 Å². The van der Waals surface area contributed by atoms with Crippen LogP contribution in [0.25, 0.3) is 0 Å². The number of amides is 3. The third-order valence-corrected chi connectivity index (χ3v) is 5.34. The fraction of sp³-hybridized carbons (Fsp3) is 0.333. The van der Waals surface area contributed by atoms with Crippen molar-refractivity contribution in [3.05, 3.63) is 65.0 Å². The first-order valence-electron chi connectivity index (χ1n) is 9.84. The van der Waals surface area contributed by atoms with Crippen molar-refractivity contribution in [2.75, 3.05) is 18.4 Å². The molecule has 1 heterocycles. The molecule has 0 aliphatic carbocycles. The predicted molar refractivity (Wildman–Crippen MR) is 106 cm³/mol. The van der Waals surface area contributed by atoms with E-state index >= 15 is 0 Å². The Balaban J connectivity index is 1.82. The summed E-state index contributed by atoms with van der Waals surface area (Å²) >= 11 is 0. The molecule has 2 atom stereocenters. The van der Waals surface area contributed by atoms with Gasteiger partial charge in [0.15, 0.2) is 0 Å². The van der Waals surface area contributed by atoms with Gasteiger partial charge in [0.2, 0.25) is 0 Å². The number of carbonyl (C=O) groups is 2. The van der Waals surface area contributed by atoms with Gasteiger partial charge in [-0.05, 0) is 42.3 Å². The lowest BCUT2D eigenvalue weighted by atomic mass is 9.86. The number of likely N-dealkylation sites (tertiary alicyclic amines) is 1. The standard InChI is InChI=1S/C21H18F7N3O3/c22-14-3-1-11(2-4-14)16-10-31(19(33)34)6-5-17(16)30-18(32)29-15-8-12(20(23,24)25)7-13(9-15)21(26,27)28/h1-4,7-9,16-17H,5-6,10H2,(H,33,34)(H2,29,30,32)/t16-,17+/m0/s1. The number of nitrogens with one attached hydrogen (secondary N) is 2. The lowest BCUT2D eigenvalue weighted by Gasteiger charge is -2.38. The van der Waals surface area contributed by atoms with Crippen molar-refractivity contribution in [2.24, 2.45) is 0 Å². The van der Waals surface area contributed by atoms with Crippen molar-refractivity contribution >= 4 is 17.8 Å². The van der Waals surface area contributed by atoms with E-state index in [1.54, 1.807) is 0 Å². The molecule has 3 amide bonds. The molecule has 0 spiro atoms. The number of halogens is 7. The highest BCUT2D eigenvalue weighted by Gasteiger charge is 2.37. The van der Waals surface area contributed by atoms with Crippen LogP contribution in [0.15, 0.2) is 42.5 Å². The minimum atomic E-state index is -5.08. The molecule has 13 heteroatoms. The zero-order valence-electron chi connectivity index (χ0n) is 17.2. The van der Waals surface area contributed by atoms with E-state index in [-0.39, 0.29) is 25.6 Å². The van der Waals surface area contributed by atoms with Crippen LogP contribution in [0, 0.1) is 5.82 Å². The first kappa shape index (κ1) is 25.1. The zero-order valence-corrected chi connectivity index (χ0v) is 17.2. The maximum absolute atomic E-state index is 13.3. The molecular weight excluding hydrogens is 475 g/mol. The first-order valence-corrected chi connectivity index (χ1v) is 9.84. The van der Waals surface area contributed by atoms with Crippen LogP contribution in [-0.4, -0.2) is 41.3 Å². The van der Waals surface area contributed by atoms with Crippen molar-refractivity contribution in [1.82, 2.24) is 10.2 Å². The maximum atomic E-state index is 13.3. The molecule has 0 aromatic heterocycles. The molecule has 0 radical (unpaired) electrons. The summed E-state index contributed by atoms with van der Waals surface area (Å²) < 4.78 is 91.5. The van der Waals surface area contributed by atoms with Crippen molar-refractivity contribution in [1.29, 1.82) is 0 Å². The van der Waals surface area contributed by atoms with E-state index in [9.17, 15) is 45.4 Å². The van der Waals surface area contributed by atoms with Gasteiger partial charge in [0.25, 0.3) is 0 Å². The van der Waals surface area contributed by atoms with Gasteiger partial charge in [-0.25, -0.2) is 14.0 Å². The van der Waals surface area contributed by atoms with Crippen LogP contribution in [0.4, 0.5) is 46.0 Å². The Morgan fingerprint density at radius 2 is 1.50 bits per heavy atom. The molecule has 3 N–H and O–H groups in total. The molecular formula is C21H18F7N3O3. The number of nitrogens with zero attached hydrogens (tertiary/aromatic N) is 1. The first-order chi connectivity index (χ1) is 15.7. The average molecular weight is 493 g/mol. The summed E-state index contributed by atoms with van der Waals surface area (Å²) in [6.07, 6.45) is -11.3. The molecule has 34 heavy (non-hydrogen) atoms. The van der Waals surface area contributed by atoms with Gasteiger partial charge in [-0.15, -0.1) is 0 Å². The SMILES string of the molecule is O=C(Nc1cc(C(F)(F)F)cc(C(F)(F)F)c1)N[C@@H]1CCN(C(=O)O)C[C@H]1c1ccc(F)cc1. The summed E-state index contributed by atoms with van der Waals surface area (Å²) in [5, 5.41) is 13.7. The Labute approximate surface area is 188 Å². The monoisotopic (exact) mass is 493 g/mol. The number of rotatable bonds is 3. The summed E-state index contributed by atoms with van der Waals surface area (Å²) in [6.45, 7) is -0.0343. The lowest BCUT2D eigenvalue weighted by Crippen LogP contribution is -2.51. The third kappa shape index (κ3) is 6.08. The van der Waals surface area contributed by atoms with Crippen LogP contribution >= 0.6 is 0 Å². The highest BCUT2D eigenvalue weighted by molar-refractivity contribution is 5.89. The third-order valence-electron chi connectivity index (χ3n) is 5.34. The molecule has 1 aliphatic rings. The number of urea groups is 1. The molecule has 2 aromatic rings. The highest BCUT2D eigenvalue weighted by atomic mass is 19.4. The Morgan fingerprint density at radius 3 is 2.00 bits per heavy atom. The number of hydrogen-bond acceptors (Lipinski definition) is 2. The van der Waals surface area contributed by atoms with Gasteiger partial charge >= 0.3 is 24.5 Å². The minimum absolute atomic E-state index is 0.0275.